The first-order valence-corrected chi connectivity index (χ1v) is 6.68. The van der Waals surface area contributed by atoms with Gasteiger partial charge in [-0.05, 0) is 6.07 Å². The molecular formula is C11H12FN3O2S. The van der Waals surface area contributed by atoms with Crippen LogP contribution < -0.4 is 4.72 Å². The number of sulfonamides is 1. The molecule has 0 bridgehead atoms. The first-order valence-electron chi connectivity index (χ1n) is 5.20. The van der Waals surface area contributed by atoms with Gasteiger partial charge in [0.1, 0.15) is 5.82 Å². The minimum atomic E-state index is -3.70. The van der Waals surface area contributed by atoms with Crippen LogP contribution in [0.4, 0.5) is 4.39 Å². The van der Waals surface area contributed by atoms with E-state index in [1.54, 1.807) is 19.2 Å². The SMILES string of the molecule is Cn1cnc(S(=O)(=O)NCc2ccccc2F)c1. The van der Waals surface area contributed by atoms with Crippen molar-refractivity contribution in [2.75, 3.05) is 0 Å². The van der Waals surface area contributed by atoms with Crippen molar-refractivity contribution < 1.29 is 12.8 Å². The average Bonchev–Trinajstić information content (AvgIpc) is 2.76. The molecule has 0 aliphatic carbocycles. The smallest absolute Gasteiger partial charge is 0.259 e. The predicted molar refractivity (Wildman–Crippen MR) is 63.6 cm³/mol. The van der Waals surface area contributed by atoms with Crippen molar-refractivity contribution in [3.63, 3.8) is 0 Å². The number of nitrogens with zero attached hydrogens (tertiary/aromatic N) is 2. The molecule has 0 fully saturated rings. The van der Waals surface area contributed by atoms with Gasteiger partial charge >= 0.3 is 0 Å². The lowest BCUT2D eigenvalue weighted by molar-refractivity contribution is 0.571. The summed E-state index contributed by atoms with van der Waals surface area (Å²) in [5.74, 6) is -0.443. The fourth-order valence-electron chi connectivity index (χ4n) is 1.42. The van der Waals surface area contributed by atoms with Gasteiger partial charge in [-0.1, -0.05) is 18.2 Å². The molecule has 0 amide bonds. The number of nitrogens with one attached hydrogen (secondary N) is 1. The zero-order valence-corrected chi connectivity index (χ0v) is 10.5. The van der Waals surface area contributed by atoms with Crippen LogP contribution in [-0.4, -0.2) is 18.0 Å². The molecule has 1 aromatic heterocycles. The van der Waals surface area contributed by atoms with E-state index in [-0.39, 0.29) is 17.1 Å². The lowest BCUT2D eigenvalue weighted by atomic mass is 10.2. The van der Waals surface area contributed by atoms with Crippen molar-refractivity contribution >= 4 is 10.0 Å². The summed E-state index contributed by atoms with van der Waals surface area (Å²) in [7, 11) is -2.03. The topological polar surface area (TPSA) is 64.0 Å². The van der Waals surface area contributed by atoms with Gasteiger partial charge in [0, 0.05) is 25.4 Å². The van der Waals surface area contributed by atoms with E-state index in [1.807, 2.05) is 0 Å². The van der Waals surface area contributed by atoms with Gasteiger partial charge in [0.15, 0.2) is 5.03 Å². The third-order valence-electron chi connectivity index (χ3n) is 2.37. The lowest BCUT2D eigenvalue weighted by Gasteiger charge is -2.05. The molecule has 96 valence electrons. The molecule has 0 atom stereocenters. The minimum absolute atomic E-state index is 0.0821. The van der Waals surface area contributed by atoms with Crippen LogP contribution in [0, 0.1) is 5.82 Å². The number of aryl methyl sites for hydroxylation is 1. The fraction of sp³-hybridized carbons (Fsp3) is 0.182. The highest BCUT2D eigenvalue weighted by Crippen LogP contribution is 2.09. The molecule has 0 unspecified atom stereocenters. The van der Waals surface area contributed by atoms with Crippen LogP contribution in [0.2, 0.25) is 0 Å². The number of halogens is 1. The highest BCUT2D eigenvalue weighted by atomic mass is 32.2. The second-order valence-electron chi connectivity index (χ2n) is 3.79. The first kappa shape index (κ1) is 12.7. The van der Waals surface area contributed by atoms with Gasteiger partial charge in [-0.25, -0.2) is 22.5 Å². The Hall–Kier alpha value is -1.73. The van der Waals surface area contributed by atoms with Crippen LogP contribution >= 0.6 is 0 Å². The summed E-state index contributed by atoms with van der Waals surface area (Å²) in [4.78, 5) is 3.74. The Balaban J connectivity index is 2.13. The van der Waals surface area contributed by atoms with E-state index in [0.717, 1.165) is 0 Å². The molecule has 1 aromatic carbocycles. The second-order valence-corrected chi connectivity index (χ2v) is 5.51. The van der Waals surface area contributed by atoms with Crippen LogP contribution in [0.1, 0.15) is 5.56 Å². The normalized spacial score (nSPS) is 11.7. The lowest BCUT2D eigenvalue weighted by Crippen LogP contribution is -2.24. The highest BCUT2D eigenvalue weighted by molar-refractivity contribution is 7.89. The van der Waals surface area contributed by atoms with Gasteiger partial charge in [0.25, 0.3) is 10.0 Å². The average molecular weight is 269 g/mol. The summed E-state index contributed by atoms with van der Waals surface area (Å²) in [5, 5.41) is -0.0821. The van der Waals surface area contributed by atoms with E-state index in [1.165, 1.54) is 29.2 Å². The maximum atomic E-state index is 13.3. The summed E-state index contributed by atoms with van der Waals surface area (Å²) in [6, 6.07) is 6.00. The van der Waals surface area contributed by atoms with E-state index >= 15 is 0 Å². The standard InChI is InChI=1S/C11H12FN3O2S/c1-15-7-11(13-8-15)18(16,17)14-6-9-4-2-3-5-10(9)12/h2-5,7-8,14H,6H2,1H3. The van der Waals surface area contributed by atoms with Gasteiger partial charge in [-0.3, -0.25) is 0 Å². The number of benzene rings is 1. The molecule has 0 saturated heterocycles. The van der Waals surface area contributed by atoms with E-state index in [9.17, 15) is 12.8 Å². The first-order chi connectivity index (χ1) is 8.49. The number of aromatic nitrogens is 2. The largest absolute Gasteiger partial charge is 0.339 e. The maximum absolute atomic E-state index is 13.3. The Bertz CT molecular complexity index is 652. The molecule has 2 rings (SSSR count). The monoisotopic (exact) mass is 269 g/mol. The summed E-state index contributed by atoms with van der Waals surface area (Å²) in [6.45, 7) is -0.106. The zero-order valence-electron chi connectivity index (χ0n) is 9.67. The van der Waals surface area contributed by atoms with E-state index in [4.69, 9.17) is 0 Å². The molecular weight excluding hydrogens is 257 g/mol. The summed E-state index contributed by atoms with van der Waals surface area (Å²) < 4.78 is 40.8. The number of hydrogen-bond acceptors (Lipinski definition) is 3. The molecule has 0 aliphatic heterocycles. The number of imidazole rings is 1. The van der Waals surface area contributed by atoms with Gasteiger partial charge in [0.2, 0.25) is 0 Å². The molecule has 0 radical (unpaired) electrons. The molecule has 1 N–H and O–H groups in total. The summed E-state index contributed by atoms with van der Waals surface area (Å²) in [6.07, 6.45) is 2.77. The Morgan fingerprint density at radius 1 is 1.39 bits per heavy atom. The summed E-state index contributed by atoms with van der Waals surface area (Å²) >= 11 is 0. The predicted octanol–water partition coefficient (Wildman–Crippen LogP) is 1.04. The molecule has 0 aliphatic rings. The summed E-state index contributed by atoms with van der Waals surface area (Å²) in [5.41, 5.74) is 0.289. The molecule has 2 aromatic rings. The Kier molecular flexibility index (Phi) is 3.44. The minimum Gasteiger partial charge on any atom is -0.339 e. The molecule has 0 spiro atoms. The zero-order chi connectivity index (χ0) is 13.2. The van der Waals surface area contributed by atoms with E-state index in [0.29, 0.717) is 0 Å². The van der Waals surface area contributed by atoms with Gasteiger partial charge < -0.3 is 4.57 Å². The molecule has 5 nitrogen and oxygen atoms in total. The van der Waals surface area contributed by atoms with Crippen molar-refractivity contribution in [1.82, 2.24) is 14.3 Å². The highest BCUT2D eigenvalue weighted by Gasteiger charge is 2.17. The molecule has 7 heteroatoms. The van der Waals surface area contributed by atoms with Crippen LogP contribution in [0.3, 0.4) is 0 Å². The third kappa shape index (κ3) is 2.74. The van der Waals surface area contributed by atoms with Crippen LogP contribution in [0.5, 0.6) is 0 Å². The van der Waals surface area contributed by atoms with Gasteiger partial charge in [0.05, 0.1) is 6.33 Å². The number of hydrogen-bond donors (Lipinski definition) is 1. The Labute approximate surface area is 104 Å². The third-order valence-corrected chi connectivity index (χ3v) is 3.65. The van der Waals surface area contributed by atoms with Crippen LogP contribution in [0.15, 0.2) is 41.8 Å². The number of rotatable bonds is 4. The molecule has 18 heavy (non-hydrogen) atoms. The van der Waals surface area contributed by atoms with Crippen molar-refractivity contribution in [2.24, 2.45) is 7.05 Å². The van der Waals surface area contributed by atoms with Crippen LogP contribution in [0.25, 0.3) is 0 Å². The Morgan fingerprint density at radius 3 is 2.72 bits per heavy atom. The van der Waals surface area contributed by atoms with Gasteiger partial charge in [-0.15, -0.1) is 0 Å². The second kappa shape index (κ2) is 4.87. The van der Waals surface area contributed by atoms with Crippen molar-refractivity contribution in [1.29, 1.82) is 0 Å². The molecule has 1 heterocycles. The quantitative estimate of drug-likeness (QED) is 0.902. The molecule has 0 saturated carbocycles. The van der Waals surface area contributed by atoms with Crippen LogP contribution in [-0.2, 0) is 23.6 Å². The van der Waals surface area contributed by atoms with Gasteiger partial charge in [-0.2, -0.15) is 0 Å². The fourth-order valence-corrected chi connectivity index (χ4v) is 2.40. The van der Waals surface area contributed by atoms with Crippen molar-refractivity contribution in [3.8, 4) is 0 Å². The Morgan fingerprint density at radius 2 is 2.11 bits per heavy atom. The van der Waals surface area contributed by atoms with Crippen molar-refractivity contribution in [3.05, 3.63) is 48.2 Å². The van der Waals surface area contributed by atoms with Crippen molar-refractivity contribution in [2.45, 2.75) is 11.6 Å². The van der Waals surface area contributed by atoms with E-state index in [2.05, 4.69) is 9.71 Å². The van der Waals surface area contributed by atoms with E-state index < -0.39 is 15.8 Å². The maximum Gasteiger partial charge on any atom is 0.259 e.